The molecule has 1 aliphatic carbocycles. The van der Waals surface area contributed by atoms with Crippen LogP contribution in [-0.4, -0.2) is 6.10 Å². The van der Waals surface area contributed by atoms with Crippen LogP contribution in [-0.2, 0) is 0 Å². The molecule has 0 bridgehead atoms. The highest BCUT2D eigenvalue weighted by Gasteiger charge is 2.49. The third kappa shape index (κ3) is 0.752. The normalized spacial score (nSPS) is 27.1. The Morgan fingerprint density at radius 1 is 1.54 bits per heavy atom. The van der Waals surface area contributed by atoms with Crippen LogP contribution in [0.1, 0.15) is 17.9 Å². The number of nitrogens with zero attached hydrogens (tertiary/aromatic N) is 1. The molecule has 1 aromatic rings. The first-order valence-corrected chi connectivity index (χ1v) is 4.18. The molecule has 0 N–H and O–H groups in total. The van der Waals surface area contributed by atoms with Crippen LogP contribution in [0.4, 0.5) is 10.1 Å². The molecule has 1 aromatic carbocycles. The zero-order valence-corrected chi connectivity index (χ0v) is 6.75. The van der Waals surface area contributed by atoms with E-state index in [-0.39, 0.29) is 17.7 Å². The fraction of sp³-hybridized carbons (Fsp3) is 0.300. The monoisotopic (exact) mass is 175 g/mol. The molecule has 2 aliphatic rings. The lowest BCUT2D eigenvalue weighted by molar-refractivity contribution is 0.318. The van der Waals surface area contributed by atoms with Crippen LogP contribution in [0.25, 0.3) is 4.85 Å². The van der Waals surface area contributed by atoms with E-state index in [1.807, 2.05) is 0 Å². The average Bonchev–Trinajstić information content (AvgIpc) is 2.80. The van der Waals surface area contributed by atoms with Gasteiger partial charge in [-0.15, -0.1) is 0 Å². The molecule has 1 fully saturated rings. The maximum Gasteiger partial charge on any atom is 0.229 e. The second-order valence-corrected chi connectivity index (χ2v) is 3.42. The molecule has 3 heteroatoms. The Labute approximate surface area is 74.8 Å². The van der Waals surface area contributed by atoms with Crippen molar-refractivity contribution in [2.45, 2.75) is 18.4 Å². The van der Waals surface area contributed by atoms with Crippen molar-refractivity contribution in [1.82, 2.24) is 0 Å². The van der Waals surface area contributed by atoms with Crippen molar-refractivity contribution < 1.29 is 9.13 Å². The molecular weight excluding hydrogens is 169 g/mol. The predicted octanol–water partition coefficient (Wildman–Crippen LogP) is 2.62. The van der Waals surface area contributed by atoms with Crippen LogP contribution < -0.4 is 4.74 Å². The standard InChI is InChI=1S/C10H6FNO/c1-12-10-6(11)2-3-7-9(10)5-4-8(5)13-7/h2-3,5,8H,4H2. The number of hydrogen-bond acceptors (Lipinski definition) is 1. The van der Waals surface area contributed by atoms with Crippen molar-refractivity contribution in [2.75, 3.05) is 0 Å². The molecule has 1 aliphatic heterocycles. The second kappa shape index (κ2) is 2.02. The van der Waals surface area contributed by atoms with Gasteiger partial charge in [0.25, 0.3) is 0 Å². The van der Waals surface area contributed by atoms with Crippen LogP contribution in [0, 0.1) is 12.4 Å². The van der Waals surface area contributed by atoms with Gasteiger partial charge >= 0.3 is 0 Å². The highest BCUT2D eigenvalue weighted by atomic mass is 19.1. The van der Waals surface area contributed by atoms with Crippen LogP contribution >= 0.6 is 0 Å². The first-order valence-electron chi connectivity index (χ1n) is 4.18. The van der Waals surface area contributed by atoms with Gasteiger partial charge in [-0.3, -0.25) is 0 Å². The minimum atomic E-state index is -0.426. The van der Waals surface area contributed by atoms with Crippen molar-refractivity contribution >= 4 is 5.69 Å². The smallest absolute Gasteiger partial charge is 0.229 e. The van der Waals surface area contributed by atoms with Gasteiger partial charge in [-0.1, -0.05) is 0 Å². The van der Waals surface area contributed by atoms with Gasteiger partial charge in [0.15, 0.2) is 0 Å². The lowest BCUT2D eigenvalue weighted by atomic mass is 10.1. The quantitative estimate of drug-likeness (QED) is 0.552. The minimum Gasteiger partial charge on any atom is -0.491 e. The number of rotatable bonds is 0. The average molecular weight is 175 g/mol. The summed E-state index contributed by atoms with van der Waals surface area (Å²) < 4.78 is 18.6. The molecule has 2 unspecified atom stereocenters. The third-order valence-corrected chi connectivity index (χ3v) is 2.62. The summed E-state index contributed by atoms with van der Waals surface area (Å²) in [4.78, 5) is 3.21. The summed E-state index contributed by atoms with van der Waals surface area (Å²) in [7, 11) is 0. The minimum absolute atomic E-state index is 0.155. The second-order valence-electron chi connectivity index (χ2n) is 3.42. The van der Waals surface area contributed by atoms with Gasteiger partial charge in [-0.2, -0.15) is 0 Å². The Hall–Kier alpha value is -1.56. The van der Waals surface area contributed by atoms with Crippen LogP contribution in [0.15, 0.2) is 12.1 Å². The Morgan fingerprint density at radius 3 is 3.15 bits per heavy atom. The van der Waals surface area contributed by atoms with Crippen molar-refractivity contribution in [3.8, 4) is 5.75 Å². The number of hydrogen-bond donors (Lipinski definition) is 0. The van der Waals surface area contributed by atoms with E-state index in [4.69, 9.17) is 11.3 Å². The van der Waals surface area contributed by atoms with Gasteiger partial charge in [0.05, 0.1) is 6.57 Å². The molecular formula is C10H6FNO. The maximum absolute atomic E-state index is 13.2. The predicted molar refractivity (Wildman–Crippen MR) is 44.4 cm³/mol. The summed E-state index contributed by atoms with van der Waals surface area (Å²) in [6.07, 6.45) is 1.16. The van der Waals surface area contributed by atoms with E-state index in [9.17, 15) is 4.39 Å². The van der Waals surface area contributed by atoms with Gasteiger partial charge in [-0.05, 0) is 18.6 Å². The molecule has 2 nitrogen and oxygen atoms in total. The van der Waals surface area contributed by atoms with Gasteiger partial charge in [0.2, 0.25) is 5.69 Å². The number of halogens is 1. The van der Waals surface area contributed by atoms with Gasteiger partial charge < -0.3 is 4.74 Å². The Morgan fingerprint density at radius 2 is 2.38 bits per heavy atom. The summed E-state index contributed by atoms with van der Waals surface area (Å²) in [5, 5.41) is 0. The molecule has 64 valence electrons. The number of fused-ring (bicyclic) bond motifs is 3. The molecule has 2 atom stereocenters. The molecule has 0 spiro atoms. The molecule has 0 radical (unpaired) electrons. The van der Waals surface area contributed by atoms with E-state index in [1.54, 1.807) is 6.07 Å². The molecule has 1 saturated carbocycles. The Kier molecular flexibility index (Phi) is 1.07. The van der Waals surface area contributed by atoms with Crippen molar-refractivity contribution in [1.29, 1.82) is 0 Å². The fourth-order valence-corrected chi connectivity index (χ4v) is 1.91. The van der Waals surface area contributed by atoms with Crippen molar-refractivity contribution in [2.24, 2.45) is 0 Å². The summed E-state index contributed by atoms with van der Waals surface area (Å²) >= 11 is 0. The van der Waals surface area contributed by atoms with Gasteiger partial charge in [0.1, 0.15) is 17.7 Å². The molecule has 13 heavy (non-hydrogen) atoms. The third-order valence-electron chi connectivity index (χ3n) is 2.62. The SMILES string of the molecule is [C-]#[N+]c1c(F)ccc2c1C1CC1O2. The van der Waals surface area contributed by atoms with Crippen LogP contribution in [0.2, 0.25) is 0 Å². The lowest BCUT2D eigenvalue weighted by Crippen LogP contribution is -1.91. The zero-order chi connectivity index (χ0) is 9.00. The Bertz CT molecular complexity index is 435. The maximum atomic E-state index is 13.2. The fourth-order valence-electron chi connectivity index (χ4n) is 1.91. The van der Waals surface area contributed by atoms with E-state index in [0.717, 1.165) is 12.0 Å². The molecule has 0 amide bonds. The summed E-state index contributed by atoms with van der Waals surface area (Å²) in [6.45, 7) is 6.89. The number of ether oxygens (including phenoxy) is 1. The summed E-state index contributed by atoms with van der Waals surface area (Å²) in [6, 6.07) is 2.92. The topological polar surface area (TPSA) is 13.6 Å². The van der Waals surface area contributed by atoms with E-state index in [1.165, 1.54) is 6.07 Å². The van der Waals surface area contributed by atoms with Gasteiger partial charge in [-0.25, -0.2) is 9.24 Å². The van der Waals surface area contributed by atoms with Crippen LogP contribution in [0.3, 0.4) is 0 Å². The molecule has 0 saturated heterocycles. The van der Waals surface area contributed by atoms with Gasteiger partial charge in [0, 0.05) is 11.5 Å². The highest BCUT2D eigenvalue weighted by Crippen LogP contribution is 2.57. The largest absolute Gasteiger partial charge is 0.491 e. The lowest BCUT2D eigenvalue weighted by Gasteiger charge is -2.04. The molecule has 3 rings (SSSR count). The van der Waals surface area contributed by atoms with E-state index in [0.29, 0.717) is 5.75 Å². The summed E-state index contributed by atoms with van der Waals surface area (Å²) in [5.41, 5.74) is 0.947. The van der Waals surface area contributed by atoms with Crippen molar-refractivity contribution in [3.05, 3.63) is 34.9 Å². The van der Waals surface area contributed by atoms with Crippen molar-refractivity contribution in [3.63, 3.8) is 0 Å². The molecule has 1 heterocycles. The first kappa shape index (κ1) is 6.90. The van der Waals surface area contributed by atoms with E-state index < -0.39 is 5.82 Å². The molecule has 0 aromatic heterocycles. The Balaban J connectivity index is 2.29. The number of benzene rings is 1. The van der Waals surface area contributed by atoms with E-state index in [2.05, 4.69) is 4.85 Å². The first-order chi connectivity index (χ1) is 6.31. The zero-order valence-electron chi connectivity index (χ0n) is 6.75. The van der Waals surface area contributed by atoms with Crippen LogP contribution in [0.5, 0.6) is 5.75 Å². The highest BCUT2D eigenvalue weighted by molar-refractivity contribution is 5.65. The van der Waals surface area contributed by atoms with E-state index >= 15 is 0 Å². The summed E-state index contributed by atoms with van der Waals surface area (Å²) in [5.74, 6) is 0.563.